The van der Waals surface area contributed by atoms with Gasteiger partial charge in [0.25, 0.3) is 0 Å². The second-order valence-corrected chi connectivity index (χ2v) is 6.61. The summed E-state index contributed by atoms with van der Waals surface area (Å²) in [5.74, 6) is -0.951. The molecular weight excluding hydrogens is 330 g/mol. The highest BCUT2D eigenvalue weighted by atomic mass is 16.4. The Hall–Kier alpha value is -2.93. The highest BCUT2D eigenvalue weighted by Crippen LogP contribution is 2.31. The van der Waals surface area contributed by atoms with Gasteiger partial charge in [-0.2, -0.15) is 10.2 Å². The first-order chi connectivity index (χ1) is 12.7. The SMILES string of the molecule is O=C(O)c1ccccc1-n1cc(CN2CCCC[C@H]2c2ccn[nH]2)cn1. The van der Waals surface area contributed by atoms with Crippen LogP contribution in [0.3, 0.4) is 0 Å². The van der Waals surface area contributed by atoms with Crippen LogP contribution in [0.1, 0.15) is 46.9 Å². The van der Waals surface area contributed by atoms with E-state index in [1.54, 1.807) is 29.1 Å². The first kappa shape index (κ1) is 16.5. The molecule has 1 fully saturated rings. The van der Waals surface area contributed by atoms with Crippen LogP contribution in [0.2, 0.25) is 0 Å². The Kier molecular flexibility index (Phi) is 4.53. The Morgan fingerprint density at radius 1 is 1.27 bits per heavy atom. The number of H-pyrrole nitrogens is 1. The standard InChI is InChI=1S/C19H21N5O2/c25-19(26)15-5-1-2-6-17(15)24-13-14(11-21-24)12-23-10-4-3-7-18(23)16-8-9-20-22-16/h1-2,5-6,8-9,11,13,18H,3-4,7,10,12H2,(H,20,22)(H,25,26)/t18-/m0/s1. The van der Waals surface area contributed by atoms with Crippen molar-refractivity contribution in [2.75, 3.05) is 6.54 Å². The van der Waals surface area contributed by atoms with Gasteiger partial charge in [0.2, 0.25) is 0 Å². The summed E-state index contributed by atoms with van der Waals surface area (Å²) in [7, 11) is 0. The predicted octanol–water partition coefficient (Wildman–Crippen LogP) is 3.02. The van der Waals surface area contributed by atoms with Crippen LogP contribution in [-0.2, 0) is 6.54 Å². The van der Waals surface area contributed by atoms with E-state index in [0.717, 1.165) is 30.8 Å². The summed E-state index contributed by atoms with van der Waals surface area (Å²) in [4.78, 5) is 13.9. The summed E-state index contributed by atoms with van der Waals surface area (Å²) < 4.78 is 1.65. The molecule has 4 rings (SSSR count). The number of aromatic amines is 1. The molecule has 1 atom stereocenters. The van der Waals surface area contributed by atoms with Crippen molar-refractivity contribution in [2.45, 2.75) is 31.8 Å². The van der Waals surface area contributed by atoms with Gasteiger partial charge in [0, 0.05) is 24.5 Å². The van der Waals surface area contributed by atoms with E-state index >= 15 is 0 Å². The molecule has 1 saturated heterocycles. The van der Waals surface area contributed by atoms with Gasteiger partial charge in [-0.15, -0.1) is 0 Å². The quantitative estimate of drug-likeness (QED) is 0.738. The van der Waals surface area contributed by atoms with Crippen molar-refractivity contribution in [3.63, 3.8) is 0 Å². The average Bonchev–Trinajstić information content (AvgIpc) is 3.34. The molecule has 0 unspecified atom stereocenters. The molecule has 1 aromatic carbocycles. The molecule has 26 heavy (non-hydrogen) atoms. The summed E-state index contributed by atoms with van der Waals surface area (Å²) in [6.07, 6.45) is 9.03. The van der Waals surface area contributed by atoms with Gasteiger partial charge >= 0.3 is 5.97 Å². The van der Waals surface area contributed by atoms with Crippen LogP contribution in [0.5, 0.6) is 0 Å². The zero-order valence-electron chi connectivity index (χ0n) is 14.4. The number of hydrogen-bond acceptors (Lipinski definition) is 4. The van der Waals surface area contributed by atoms with E-state index < -0.39 is 5.97 Å². The number of aromatic carboxylic acids is 1. The van der Waals surface area contributed by atoms with E-state index in [4.69, 9.17) is 0 Å². The number of para-hydroxylation sites is 1. The fourth-order valence-corrected chi connectivity index (χ4v) is 3.65. The van der Waals surface area contributed by atoms with Crippen molar-refractivity contribution in [3.05, 3.63) is 65.7 Å². The Labute approximate surface area is 151 Å². The van der Waals surface area contributed by atoms with Gasteiger partial charge in [-0.3, -0.25) is 10.00 Å². The maximum atomic E-state index is 11.4. The lowest BCUT2D eigenvalue weighted by atomic mass is 9.99. The monoisotopic (exact) mass is 351 g/mol. The van der Waals surface area contributed by atoms with Crippen molar-refractivity contribution in [1.82, 2.24) is 24.9 Å². The molecule has 1 aliphatic rings. The lowest BCUT2D eigenvalue weighted by Gasteiger charge is -2.34. The number of carboxylic acid groups (broad SMARTS) is 1. The molecule has 7 heteroatoms. The Morgan fingerprint density at radius 3 is 2.96 bits per heavy atom. The molecule has 0 saturated carbocycles. The maximum absolute atomic E-state index is 11.4. The third-order valence-electron chi connectivity index (χ3n) is 4.90. The fraction of sp³-hybridized carbons (Fsp3) is 0.316. The second-order valence-electron chi connectivity index (χ2n) is 6.61. The number of nitrogens with one attached hydrogen (secondary N) is 1. The highest BCUT2D eigenvalue weighted by Gasteiger charge is 2.25. The zero-order valence-corrected chi connectivity index (χ0v) is 14.4. The molecule has 1 aliphatic heterocycles. The van der Waals surface area contributed by atoms with Gasteiger partial charge in [0.1, 0.15) is 0 Å². The minimum absolute atomic E-state index is 0.246. The summed E-state index contributed by atoms with van der Waals surface area (Å²) in [6, 6.07) is 9.28. The molecule has 2 N–H and O–H groups in total. The van der Waals surface area contributed by atoms with Crippen LogP contribution < -0.4 is 0 Å². The Balaban J connectivity index is 1.56. The van der Waals surface area contributed by atoms with E-state index in [0.29, 0.717) is 11.7 Å². The zero-order chi connectivity index (χ0) is 17.9. The van der Waals surface area contributed by atoms with Gasteiger partial charge in [-0.25, -0.2) is 9.48 Å². The van der Waals surface area contributed by atoms with Crippen LogP contribution in [0, 0.1) is 0 Å². The average molecular weight is 351 g/mol. The molecule has 3 aromatic rings. The van der Waals surface area contributed by atoms with Gasteiger partial charge in [0.15, 0.2) is 0 Å². The summed E-state index contributed by atoms with van der Waals surface area (Å²) >= 11 is 0. The number of likely N-dealkylation sites (tertiary alicyclic amines) is 1. The summed E-state index contributed by atoms with van der Waals surface area (Å²) in [5.41, 5.74) is 3.04. The van der Waals surface area contributed by atoms with Crippen LogP contribution in [0.25, 0.3) is 5.69 Å². The number of carboxylic acids is 1. The largest absolute Gasteiger partial charge is 0.478 e. The van der Waals surface area contributed by atoms with Crippen LogP contribution in [0.4, 0.5) is 0 Å². The second kappa shape index (κ2) is 7.13. The first-order valence-electron chi connectivity index (χ1n) is 8.82. The minimum atomic E-state index is -0.951. The minimum Gasteiger partial charge on any atom is -0.478 e. The number of rotatable bonds is 5. The third-order valence-corrected chi connectivity index (χ3v) is 4.90. The van der Waals surface area contributed by atoms with Crippen molar-refractivity contribution >= 4 is 5.97 Å². The van der Waals surface area contributed by atoms with E-state index in [1.165, 1.54) is 12.8 Å². The van der Waals surface area contributed by atoms with Crippen LogP contribution in [-0.4, -0.2) is 42.5 Å². The van der Waals surface area contributed by atoms with E-state index in [2.05, 4.69) is 20.2 Å². The molecule has 0 radical (unpaired) electrons. The molecule has 0 spiro atoms. The Morgan fingerprint density at radius 2 is 2.15 bits per heavy atom. The Bertz CT molecular complexity index is 887. The smallest absolute Gasteiger partial charge is 0.337 e. The topological polar surface area (TPSA) is 87.0 Å². The van der Waals surface area contributed by atoms with Crippen molar-refractivity contribution in [2.24, 2.45) is 0 Å². The van der Waals surface area contributed by atoms with Gasteiger partial charge in [-0.1, -0.05) is 18.6 Å². The van der Waals surface area contributed by atoms with Gasteiger partial charge in [-0.05, 0) is 37.6 Å². The summed E-state index contributed by atoms with van der Waals surface area (Å²) in [5, 5.41) is 20.9. The number of nitrogens with zero attached hydrogens (tertiary/aromatic N) is 4. The van der Waals surface area contributed by atoms with Crippen LogP contribution in [0.15, 0.2) is 48.9 Å². The molecule has 0 bridgehead atoms. The number of carbonyl (C=O) groups is 1. The third kappa shape index (κ3) is 3.25. The molecule has 7 nitrogen and oxygen atoms in total. The molecule has 134 valence electrons. The fourth-order valence-electron chi connectivity index (χ4n) is 3.65. The normalized spacial score (nSPS) is 18.1. The van der Waals surface area contributed by atoms with E-state index in [9.17, 15) is 9.90 Å². The van der Waals surface area contributed by atoms with Gasteiger partial charge in [0.05, 0.1) is 29.2 Å². The lowest BCUT2D eigenvalue weighted by Crippen LogP contribution is -2.33. The number of benzene rings is 1. The van der Waals surface area contributed by atoms with Crippen molar-refractivity contribution < 1.29 is 9.90 Å². The van der Waals surface area contributed by atoms with Crippen molar-refractivity contribution in [3.8, 4) is 5.69 Å². The molecular formula is C19H21N5O2. The molecule has 0 amide bonds. The molecule has 2 aromatic heterocycles. The van der Waals surface area contributed by atoms with Crippen molar-refractivity contribution in [1.29, 1.82) is 0 Å². The summed E-state index contributed by atoms with van der Waals surface area (Å²) in [6.45, 7) is 1.81. The van der Waals surface area contributed by atoms with E-state index in [-0.39, 0.29) is 5.56 Å². The molecule has 3 heterocycles. The van der Waals surface area contributed by atoms with Crippen LogP contribution >= 0.6 is 0 Å². The maximum Gasteiger partial charge on any atom is 0.337 e. The number of hydrogen-bond donors (Lipinski definition) is 2. The first-order valence-corrected chi connectivity index (χ1v) is 8.82. The lowest BCUT2D eigenvalue weighted by molar-refractivity contribution is 0.0696. The molecule has 0 aliphatic carbocycles. The highest BCUT2D eigenvalue weighted by molar-refractivity contribution is 5.91. The predicted molar refractivity (Wildman–Crippen MR) is 96.1 cm³/mol. The number of aromatic nitrogens is 4. The van der Waals surface area contributed by atoms with E-state index in [1.807, 2.05) is 24.5 Å². The van der Waals surface area contributed by atoms with Gasteiger partial charge < -0.3 is 5.11 Å². The number of piperidine rings is 1.